The molecule has 3 N–H and O–H groups in total. The number of rotatable bonds is 4. The predicted molar refractivity (Wildman–Crippen MR) is 72.0 cm³/mol. The monoisotopic (exact) mass is 262 g/mol. The maximum Gasteiger partial charge on any atom is 0.229 e. The van der Waals surface area contributed by atoms with Gasteiger partial charge in [0.05, 0.1) is 11.3 Å². The first-order chi connectivity index (χ1) is 9.02. The van der Waals surface area contributed by atoms with Gasteiger partial charge >= 0.3 is 0 Å². The first-order valence-electron chi connectivity index (χ1n) is 6.03. The Bertz CT molecular complexity index is 578. The average Bonchev–Trinajstić information content (AvgIpc) is 2.67. The van der Waals surface area contributed by atoms with Crippen molar-refractivity contribution in [1.82, 2.24) is 19.7 Å². The summed E-state index contributed by atoms with van der Waals surface area (Å²) in [7, 11) is 1.82. The van der Waals surface area contributed by atoms with Crippen LogP contribution in [0.1, 0.15) is 31.0 Å². The molecule has 0 saturated heterocycles. The van der Waals surface area contributed by atoms with Gasteiger partial charge in [-0.15, -0.1) is 0 Å². The van der Waals surface area contributed by atoms with Crippen LogP contribution in [-0.4, -0.2) is 19.7 Å². The lowest BCUT2D eigenvalue weighted by atomic mass is 10.1. The Hall–Kier alpha value is -2.15. The fourth-order valence-corrected chi connectivity index (χ4v) is 1.88. The van der Waals surface area contributed by atoms with Gasteiger partial charge in [-0.1, -0.05) is 13.8 Å². The van der Waals surface area contributed by atoms with E-state index in [2.05, 4.69) is 20.5 Å². The highest BCUT2D eigenvalue weighted by atomic mass is 16.5. The van der Waals surface area contributed by atoms with Crippen molar-refractivity contribution in [2.45, 2.75) is 26.7 Å². The van der Waals surface area contributed by atoms with Crippen LogP contribution in [0.4, 0.5) is 5.82 Å². The highest BCUT2D eigenvalue weighted by Crippen LogP contribution is 2.32. The summed E-state index contributed by atoms with van der Waals surface area (Å²) in [6, 6.07) is 1.85. The van der Waals surface area contributed by atoms with Crippen LogP contribution < -0.4 is 16.0 Å². The molecule has 19 heavy (non-hydrogen) atoms. The second kappa shape index (κ2) is 5.23. The van der Waals surface area contributed by atoms with Gasteiger partial charge < -0.3 is 10.2 Å². The van der Waals surface area contributed by atoms with Gasteiger partial charge in [-0.05, 0) is 12.8 Å². The minimum Gasteiger partial charge on any atom is -0.420 e. The molecule has 2 heterocycles. The standard InChI is InChI=1S/C12H18N6O/c1-7(2)10-11(16-13)14-6-15-12(10)19-9-5-8(3)17-18(9)4/h5-7H,13H2,1-4H3,(H,14,15,16). The van der Waals surface area contributed by atoms with E-state index in [1.807, 2.05) is 33.9 Å². The largest absolute Gasteiger partial charge is 0.420 e. The van der Waals surface area contributed by atoms with Crippen LogP contribution in [0, 0.1) is 6.92 Å². The topological polar surface area (TPSA) is 90.9 Å². The van der Waals surface area contributed by atoms with Crippen LogP contribution in [0.5, 0.6) is 11.8 Å². The molecular formula is C12H18N6O. The number of aromatic nitrogens is 4. The minimum atomic E-state index is 0.177. The first kappa shape index (κ1) is 13.3. The Kier molecular flexibility index (Phi) is 3.66. The second-order valence-electron chi connectivity index (χ2n) is 4.59. The molecule has 7 nitrogen and oxygen atoms in total. The summed E-state index contributed by atoms with van der Waals surface area (Å²) in [5, 5.41) is 4.23. The third-order valence-electron chi connectivity index (χ3n) is 2.72. The zero-order valence-electron chi connectivity index (χ0n) is 11.5. The number of aryl methyl sites for hydroxylation is 2. The van der Waals surface area contributed by atoms with Crippen molar-refractivity contribution in [2.75, 3.05) is 5.43 Å². The van der Waals surface area contributed by atoms with Crippen molar-refractivity contribution in [3.8, 4) is 11.8 Å². The van der Waals surface area contributed by atoms with Gasteiger partial charge in [0.25, 0.3) is 0 Å². The molecule has 0 bridgehead atoms. The van der Waals surface area contributed by atoms with Crippen LogP contribution in [0.3, 0.4) is 0 Å². The Morgan fingerprint density at radius 1 is 1.37 bits per heavy atom. The lowest BCUT2D eigenvalue weighted by Gasteiger charge is -2.15. The SMILES string of the molecule is Cc1cc(Oc2ncnc(NN)c2C(C)C)n(C)n1. The molecule has 0 radical (unpaired) electrons. The summed E-state index contributed by atoms with van der Waals surface area (Å²) in [5.41, 5.74) is 4.29. The number of nitrogens with one attached hydrogen (secondary N) is 1. The second-order valence-corrected chi connectivity index (χ2v) is 4.59. The maximum absolute atomic E-state index is 5.82. The molecule has 102 valence electrons. The van der Waals surface area contributed by atoms with Crippen molar-refractivity contribution < 1.29 is 4.74 Å². The maximum atomic E-state index is 5.82. The molecule has 2 aromatic rings. The smallest absolute Gasteiger partial charge is 0.229 e. The van der Waals surface area contributed by atoms with Gasteiger partial charge in [0.2, 0.25) is 11.8 Å². The zero-order valence-corrected chi connectivity index (χ0v) is 11.5. The van der Waals surface area contributed by atoms with Gasteiger partial charge in [0.15, 0.2) is 5.82 Å². The van der Waals surface area contributed by atoms with Crippen molar-refractivity contribution in [2.24, 2.45) is 12.9 Å². The van der Waals surface area contributed by atoms with Gasteiger partial charge in [-0.25, -0.2) is 20.5 Å². The van der Waals surface area contributed by atoms with Gasteiger partial charge in [-0.2, -0.15) is 5.10 Å². The van der Waals surface area contributed by atoms with Crippen molar-refractivity contribution >= 4 is 5.82 Å². The van der Waals surface area contributed by atoms with Crippen molar-refractivity contribution in [3.63, 3.8) is 0 Å². The molecule has 0 saturated carbocycles. The van der Waals surface area contributed by atoms with Gasteiger partial charge in [-0.3, -0.25) is 0 Å². The molecule has 0 atom stereocenters. The van der Waals surface area contributed by atoms with Crippen molar-refractivity contribution in [3.05, 3.63) is 23.7 Å². The number of nitrogen functional groups attached to an aromatic ring is 1. The third kappa shape index (κ3) is 2.65. The Morgan fingerprint density at radius 3 is 2.63 bits per heavy atom. The summed E-state index contributed by atoms with van der Waals surface area (Å²) >= 11 is 0. The van der Waals surface area contributed by atoms with E-state index in [4.69, 9.17) is 10.6 Å². The normalized spacial score (nSPS) is 10.8. The number of ether oxygens (including phenoxy) is 1. The summed E-state index contributed by atoms with van der Waals surface area (Å²) in [6.07, 6.45) is 1.42. The fraction of sp³-hybridized carbons (Fsp3) is 0.417. The van der Waals surface area contributed by atoms with E-state index in [0.717, 1.165) is 11.3 Å². The molecule has 2 rings (SSSR count). The molecule has 0 aliphatic carbocycles. The molecule has 0 aliphatic heterocycles. The van der Waals surface area contributed by atoms with Crippen LogP contribution in [-0.2, 0) is 7.05 Å². The first-order valence-corrected chi connectivity index (χ1v) is 6.03. The lowest BCUT2D eigenvalue weighted by Crippen LogP contribution is -2.13. The molecule has 0 fully saturated rings. The number of hydrogen-bond donors (Lipinski definition) is 2. The van der Waals surface area contributed by atoms with E-state index in [1.165, 1.54) is 6.33 Å². The summed E-state index contributed by atoms with van der Waals surface area (Å²) in [6.45, 7) is 5.96. The highest BCUT2D eigenvalue weighted by molar-refractivity contribution is 5.50. The quantitative estimate of drug-likeness (QED) is 0.644. The van der Waals surface area contributed by atoms with E-state index in [-0.39, 0.29) is 5.92 Å². The Balaban J connectivity index is 2.42. The summed E-state index contributed by atoms with van der Waals surface area (Å²) in [5.74, 6) is 7.33. The van der Waals surface area contributed by atoms with Crippen LogP contribution >= 0.6 is 0 Å². The number of hydrogen-bond acceptors (Lipinski definition) is 6. The molecule has 0 spiro atoms. The summed E-state index contributed by atoms with van der Waals surface area (Å²) < 4.78 is 7.48. The van der Waals surface area contributed by atoms with Crippen LogP contribution in [0.25, 0.3) is 0 Å². The van der Waals surface area contributed by atoms with Crippen LogP contribution in [0.15, 0.2) is 12.4 Å². The average molecular weight is 262 g/mol. The van der Waals surface area contributed by atoms with Crippen molar-refractivity contribution in [1.29, 1.82) is 0 Å². The molecule has 2 aromatic heterocycles. The van der Waals surface area contributed by atoms with E-state index in [0.29, 0.717) is 17.6 Å². The summed E-state index contributed by atoms with van der Waals surface area (Å²) in [4.78, 5) is 8.28. The number of nitrogens with two attached hydrogens (primary N) is 1. The van der Waals surface area contributed by atoms with Gasteiger partial charge in [0, 0.05) is 13.1 Å². The number of hydrazine groups is 1. The molecular weight excluding hydrogens is 244 g/mol. The van der Waals surface area contributed by atoms with E-state index in [9.17, 15) is 0 Å². The fourth-order valence-electron chi connectivity index (χ4n) is 1.88. The zero-order chi connectivity index (χ0) is 14.0. The molecule has 0 unspecified atom stereocenters. The molecule has 7 heteroatoms. The number of nitrogens with zero attached hydrogens (tertiary/aromatic N) is 4. The lowest BCUT2D eigenvalue weighted by molar-refractivity contribution is 0.407. The molecule has 0 aromatic carbocycles. The highest BCUT2D eigenvalue weighted by Gasteiger charge is 2.17. The van der Waals surface area contributed by atoms with E-state index >= 15 is 0 Å². The van der Waals surface area contributed by atoms with E-state index in [1.54, 1.807) is 4.68 Å². The molecule has 0 amide bonds. The Labute approximate surface area is 111 Å². The minimum absolute atomic E-state index is 0.177. The predicted octanol–water partition coefficient (Wildman–Crippen LogP) is 1.72. The third-order valence-corrected chi connectivity index (χ3v) is 2.72. The van der Waals surface area contributed by atoms with Crippen LogP contribution in [0.2, 0.25) is 0 Å². The number of anilines is 1. The Morgan fingerprint density at radius 2 is 2.11 bits per heavy atom. The van der Waals surface area contributed by atoms with Gasteiger partial charge in [0.1, 0.15) is 6.33 Å². The van der Waals surface area contributed by atoms with E-state index < -0.39 is 0 Å². The molecule has 0 aliphatic rings.